The van der Waals surface area contributed by atoms with Gasteiger partial charge < -0.3 is 14.9 Å². The zero-order valence-electron chi connectivity index (χ0n) is 10.9. The molecular formula is C11H19NO6. The van der Waals surface area contributed by atoms with E-state index in [2.05, 4.69) is 5.32 Å². The molecule has 0 radical (unpaired) electrons. The first-order valence-corrected chi connectivity index (χ1v) is 5.46. The van der Waals surface area contributed by atoms with E-state index in [-0.39, 0.29) is 0 Å². The van der Waals surface area contributed by atoms with Crippen molar-refractivity contribution in [1.82, 2.24) is 5.32 Å². The normalized spacial score (nSPS) is 14.7. The van der Waals surface area contributed by atoms with Crippen molar-refractivity contribution in [2.45, 2.75) is 51.8 Å². The molecule has 0 spiro atoms. The minimum Gasteiger partial charge on any atom is -0.481 e. The molecule has 0 aromatic rings. The molecule has 0 saturated heterocycles. The highest BCUT2D eigenvalue weighted by molar-refractivity contribution is 5.82. The third-order valence-electron chi connectivity index (χ3n) is 1.89. The number of ether oxygens (including phenoxy) is 1. The Morgan fingerprint density at radius 2 is 1.72 bits per heavy atom. The van der Waals surface area contributed by atoms with Gasteiger partial charge in [0.1, 0.15) is 17.7 Å². The van der Waals surface area contributed by atoms with Crippen molar-refractivity contribution in [3.63, 3.8) is 0 Å². The van der Waals surface area contributed by atoms with Crippen LogP contribution in [0.1, 0.15) is 34.1 Å². The van der Waals surface area contributed by atoms with Crippen LogP contribution in [0, 0.1) is 0 Å². The lowest BCUT2D eigenvalue weighted by molar-refractivity contribution is -0.158. The van der Waals surface area contributed by atoms with Crippen LogP contribution in [0.4, 0.5) is 0 Å². The number of esters is 1. The fourth-order valence-corrected chi connectivity index (χ4v) is 1.15. The molecule has 0 aromatic carbocycles. The number of hydrogen-bond donors (Lipinski definition) is 3. The molecule has 0 heterocycles. The number of rotatable bonds is 6. The molecule has 7 heteroatoms. The maximum atomic E-state index is 11.6. The molecule has 0 bridgehead atoms. The highest BCUT2D eigenvalue weighted by atomic mass is 16.6. The summed E-state index contributed by atoms with van der Waals surface area (Å²) in [5.74, 6) is -3.21. The van der Waals surface area contributed by atoms with E-state index in [1.54, 1.807) is 20.8 Å². The van der Waals surface area contributed by atoms with Crippen molar-refractivity contribution in [1.29, 1.82) is 0 Å². The highest BCUT2D eigenvalue weighted by Crippen LogP contribution is 2.09. The third kappa shape index (κ3) is 6.85. The Bertz CT molecular complexity index is 333. The topological polar surface area (TPSA) is 113 Å². The lowest BCUT2D eigenvalue weighted by atomic mass is 10.1. The molecule has 0 aliphatic rings. The molecular weight excluding hydrogens is 242 g/mol. The van der Waals surface area contributed by atoms with Crippen molar-refractivity contribution in [3.05, 3.63) is 0 Å². The summed E-state index contributed by atoms with van der Waals surface area (Å²) in [5, 5.41) is 19.8. The number of carboxylic acids is 2. The summed E-state index contributed by atoms with van der Waals surface area (Å²) in [7, 11) is 0. The first kappa shape index (κ1) is 16.4. The molecule has 0 aliphatic carbocycles. The Kier molecular flexibility index (Phi) is 5.77. The van der Waals surface area contributed by atoms with Crippen molar-refractivity contribution in [2.24, 2.45) is 0 Å². The number of hydrogen-bond acceptors (Lipinski definition) is 5. The van der Waals surface area contributed by atoms with Crippen molar-refractivity contribution < 1.29 is 29.3 Å². The first-order chi connectivity index (χ1) is 8.03. The highest BCUT2D eigenvalue weighted by Gasteiger charge is 2.28. The zero-order valence-corrected chi connectivity index (χ0v) is 10.9. The smallest absolute Gasteiger partial charge is 0.323 e. The van der Waals surface area contributed by atoms with Crippen LogP contribution in [0.25, 0.3) is 0 Å². The minimum atomic E-state index is -1.33. The number of nitrogens with one attached hydrogen (secondary N) is 1. The molecule has 0 unspecified atom stereocenters. The fraction of sp³-hybridized carbons (Fsp3) is 0.727. The monoisotopic (exact) mass is 261 g/mol. The average molecular weight is 261 g/mol. The van der Waals surface area contributed by atoms with Crippen LogP contribution < -0.4 is 5.32 Å². The fourth-order valence-electron chi connectivity index (χ4n) is 1.15. The molecule has 2 atom stereocenters. The van der Waals surface area contributed by atoms with E-state index in [0.717, 1.165) is 0 Å². The van der Waals surface area contributed by atoms with Crippen LogP contribution in [0.5, 0.6) is 0 Å². The molecule has 0 saturated carbocycles. The van der Waals surface area contributed by atoms with Crippen molar-refractivity contribution in [3.8, 4) is 0 Å². The van der Waals surface area contributed by atoms with Crippen LogP contribution in [-0.2, 0) is 19.1 Å². The first-order valence-electron chi connectivity index (χ1n) is 5.46. The SMILES string of the molecule is C[C@H](N[C@@H](CC(=O)O)C(=O)O)C(=O)OC(C)(C)C. The van der Waals surface area contributed by atoms with Gasteiger partial charge in [-0.25, -0.2) is 0 Å². The van der Waals surface area contributed by atoms with Gasteiger partial charge >= 0.3 is 17.9 Å². The van der Waals surface area contributed by atoms with Gasteiger partial charge in [0.15, 0.2) is 0 Å². The number of aliphatic carboxylic acids is 2. The van der Waals surface area contributed by atoms with E-state index >= 15 is 0 Å². The summed E-state index contributed by atoms with van der Waals surface area (Å²) in [4.78, 5) is 32.9. The molecule has 0 aromatic heterocycles. The standard InChI is InChI=1S/C11H19NO6/c1-6(10(17)18-11(2,3)4)12-7(9(15)16)5-8(13)14/h6-7,12H,5H2,1-4H3,(H,13,14)(H,15,16)/t6-,7-/m0/s1. The van der Waals surface area contributed by atoms with E-state index in [1.165, 1.54) is 6.92 Å². The van der Waals surface area contributed by atoms with Gasteiger partial charge in [-0.05, 0) is 27.7 Å². The maximum Gasteiger partial charge on any atom is 0.323 e. The van der Waals surface area contributed by atoms with Gasteiger partial charge in [-0.1, -0.05) is 0 Å². The lowest BCUT2D eigenvalue weighted by Gasteiger charge is -2.24. The second kappa shape index (κ2) is 6.34. The predicted octanol–water partition coefficient (Wildman–Crippen LogP) is 0.234. The van der Waals surface area contributed by atoms with Gasteiger partial charge in [0, 0.05) is 0 Å². The predicted molar refractivity (Wildman–Crippen MR) is 62.1 cm³/mol. The number of carbonyl (C=O) groups is 3. The largest absolute Gasteiger partial charge is 0.481 e. The molecule has 0 rings (SSSR count). The average Bonchev–Trinajstić information content (AvgIpc) is 2.12. The summed E-state index contributed by atoms with van der Waals surface area (Å²) in [6.45, 7) is 6.47. The summed E-state index contributed by atoms with van der Waals surface area (Å²) in [6, 6.07) is -2.23. The minimum absolute atomic E-state index is 0.609. The Labute approximate surface area is 105 Å². The third-order valence-corrected chi connectivity index (χ3v) is 1.89. The molecule has 0 aliphatic heterocycles. The Morgan fingerprint density at radius 3 is 2.06 bits per heavy atom. The van der Waals surface area contributed by atoms with Gasteiger partial charge in [0.2, 0.25) is 0 Å². The van der Waals surface area contributed by atoms with Gasteiger partial charge in [0.05, 0.1) is 6.42 Å². The second-order valence-corrected chi connectivity index (χ2v) is 4.91. The van der Waals surface area contributed by atoms with Gasteiger partial charge in [-0.2, -0.15) is 0 Å². The van der Waals surface area contributed by atoms with Crippen LogP contribution in [0.3, 0.4) is 0 Å². The molecule has 3 N–H and O–H groups in total. The molecule has 0 amide bonds. The second-order valence-electron chi connectivity index (χ2n) is 4.91. The lowest BCUT2D eigenvalue weighted by Crippen LogP contribution is -2.48. The summed E-state index contributed by atoms with van der Waals surface area (Å²) >= 11 is 0. The summed E-state index contributed by atoms with van der Waals surface area (Å²) < 4.78 is 5.04. The zero-order chi connectivity index (χ0) is 14.5. The van der Waals surface area contributed by atoms with E-state index in [4.69, 9.17) is 14.9 Å². The maximum absolute atomic E-state index is 11.6. The van der Waals surface area contributed by atoms with E-state index in [1.807, 2.05) is 0 Å². The van der Waals surface area contributed by atoms with E-state index in [9.17, 15) is 14.4 Å². The van der Waals surface area contributed by atoms with Gasteiger partial charge in [-0.3, -0.25) is 19.7 Å². The van der Waals surface area contributed by atoms with Gasteiger partial charge in [-0.15, -0.1) is 0 Å². The van der Waals surface area contributed by atoms with Gasteiger partial charge in [0.25, 0.3) is 0 Å². The molecule has 18 heavy (non-hydrogen) atoms. The number of carboxylic acid groups (broad SMARTS) is 2. The van der Waals surface area contributed by atoms with Crippen molar-refractivity contribution >= 4 is 17.9 Å². The molecule has 104 valence electrons. The Balaban J connectivity index is 4.50. The Morgan fingerprint density at radius 1 is 1.22 bits per heavy atom. The van der Waals surface area contributed by atoms with Crippen LogP contribution >= 0.6 is 0 Å². The summed E-state index contributed by atoms with van der Waals surface area (Å²) in [5.41, 5.74) is -0.682. The Hall–Kier alpha value is -1.63. The quantitative estimate of drug-likeness (QED) is 0.587. The van der Waals surface area contributed by atoms with Crippen LogP contribution in [-0.4, -0.2) is 45.8 Å². The molecule has 7 nitrogen and oxygen atoms in total. The summed E-state index contributed by atoms with van der Waals surface area (Å²) in [6.07, 6.45) is -0.609. The van der Waals surface area contributed by atoms with Crippen LogP contribution in [0.2, 0.25) is 0 Å². The van der Waals surface area contributed by atoms with E-state index < -0.39 is 42.0 Å². The van der Waals surface area contributed by atoms with E-state index in [0.29, 0.717) is 0 Å². The number of carbonyl (C=O) groups excluding carboxylic acids is 1. The van der Waals surface area contributed by atoms with Crippen molar-refractivity contribution in [2.75, 3.05) is 0 Å². The van der Waals surface area contributed by atoms with Crippen LogP contribution in [0.15, 0.2) is 0 Å². The molecule has 0 fully saturated rings.